The van der Waals surface area contributed by atoms with Crippen molar-refractivity contribution in [1.82, 2.24) is 9.29 Å². The zero-order valence-corrected chi connectivity index (χ0v) is 10.6. The molecule has 0 aliphatic rings. The van der Waals surface area contributed by atoms with Gasteiger partial charge in [-0.05, 0) is 12.1 Å². The van der Waals surface area contributed by atoms with E-state index in [4.69, 9.17) is 9.84 Å². The van der Waals surface area contributed by atoms with Gasteiger partial charge in [0.15, 0.2) is 0 Å². The number of rotatable bonds is 7. The van der Waals surface area contributed by atoms with Gasteiger partial charge in [0.25, 0.3) is 0 Å². The van der Waals surface area contributed by atoms with Crippen molar-refractivity contribution in [2.24, 2.45) is 0 Å². The third-order valence-corrected chi connectivity index (χ3v) is 3.96. The van der Waals surface area contributed by atoms with Crippen LogP contribution in [0.25, 0.3) is 0 Å². The fraction of sp³-hybridized carbons (Fsp3) is 0.400. The Balaban J connectivity index is 2.99. The van der Waals surface area contributed by atoms with Crippen molar-refractivity contribution in [3.8, 4) is 0 Å². The molecule has 18 heavy (non-hydrogen) atoms. The third-order valence-electron chi connectivity index (χ3n) is 2.13. The van der Waals surface area contributed by atoms with Crippen molar-refractivity contribution in [3.05, 3.63) is 24.5 Å². The third kappa shape index (κ3) is 3.76. The van der Waals surface area contributed by atoms with Crippen molar-refractivity contribution < 1.29 is 23.1 Å². The molecule has 0 aromatic carbocycles. The summed E-state index contributed by atoms with van der Waals surface area (Å²) in [5.41, 5.74) is 0. The molecule has 0 saturated carbocycles. The van der Waals surface area contributed by atoms with Crippen LogP contribution in [0.15, 0.2) is 29.4 Å². The Morgan fingerprint density at radius 1 is 1.56 bits per heavy atom. The summed E-state index contributed by atoms with van der Waals surface area (Å²) in [6.45, 7) is -0.520. The quantitative estimate of drug-likeness (QED) is 0.739. The lowest BCUT2D eigenvalue weighted by Gasteiger charge is -2.19. The Morgan fingerprint density at radius 2 is 2.28 bits per heavy atom. The van der Waals surface area contributed by atoms with E-state index < -0.39 is 22.5 Å². The minimum atomic E-state index is -3.86. The molecule has 0 spiro atoms. The van der Waals surface area contributed by atoms with E-state index >= 15 is 0 Å². The van der Waals surface area contributed by atoms with Crippen molar-refractivity contribution in [2.75, 3.05) is 26.8 Å². The first-order valence-electron chi connectivity index (χ1n) is 5.09. The molecule has 0 radical (unpaired) electrons. The van der Waals surface area contributed by atoms with E-state index in [0.717, 1.165) is 4.31 Å². The fourth-order valence-corrected chi connectivity index (χ4v) is 2.61. The minimum absolute atomic E-state index is 0.0278. The molecule has 1 aromatic heterocycles. The number of carboxylic acid groups (broad SMARTS) is 1. The van der Waals surface area contributed by atoms with Gasteiger partial charge in [0.1, 0.15) is 11.4 Å². The molecule has 0 fully saturated rings. The highest BCUT2D eigenvalue weighted by atomic mass is 32.2. The second kappa shape index (κ2) is 6.43. The van der Waals surface area contributed by atoms with Crippen LogP contribution in [0.4, 0.5) is 0 Å². The van der Waals surface area contributed by atoms with Gasteiger partial charge in [-0.3, -0.25) is 9.78 Å². The lowest BCUT2D eigenvalue weighted by Crippen LogP contribution is -2.38. The van der Waals surface area contributed by atoms with Crippen molar-refractivity contribution in [3.63, 3.8) is 0 Å². The molecule has 100 valence electrons. The van der Waals surface area contributed by atoms with E-state index in [9.17, 15) is 13.2 Å². The van der Waals surface area contributed by atoms with Crippen LogP contribution in [-0.2, 0) is 19.6 Å². The van der Waals surface area contributed by atoms with Gasteiger partial charge in [-0.15, -0.1) is 0 Å². The molecule has 0 amide bonds. The van der Waals surface area contributed by atoms with Crippen molar-refractivity contribution >= 4 is 16.0 Å². The number of carbonyl (C=O) groups is 1. The lowest BCUT2D eigenvalue weighted by molar-refractivity contribution is -0.137. The molecular weight excluding hydrogens is 260 g/mol. The van der Waals surface area contributed by atoms with Crippen LogP contribution in [0.3, 0.4) is 0 Å². The van der Waals surface area contributed by atoms with E-state index in [1.165, 1.54) is 31.6 Å². The zero-order chi connectivity index (χ0) is 13.6. The SMILES string of the molecule is COCCN(CC(=O)O)S(=O)(=O)c1cccnc1. The summed E-state index contributed by atoms with van der Waals surface area (Å²) in [5.74, 6) is -1.22. The topological polar surface area (TPSA) is 96.8 Å². The molecule has 0 atom stereocenters. The summed E-state index contributed by atoms with van der Waals surface area (Å²) in [7, 11) is -2.45. The zero-order valence-electron chi connectivity index (χ0n) is 9.81. The van der Waals surface area contributed by atoms with Gasteiger partial charge in [0, 0.05) is 26.0 Å². The van der Waals surface area contributed by atoms with Crippen molar-refractivity contribution in [1.29, 1.82) is 0 Å². The summed E-state index contributed by atoms with van der Waals surface area (Å²) in [6, 6.07) is 2.84. The van der Waals surface area contributed by atoms with Crippen molar-refractivity contribution in [2.45, 2.75) is 4.90 Å². The van der Waals surface area contributed by atoms with Gasteiger partial charge < -0.3 is 9.84 Å². The number of sulfonamides is 1. The molecule has 0 unspecified atom stereocenters. The average molecular weight is 274 g/mol. The van der Waals surface area contributed by atoms with Crippen LogP contribution in [0.2, 0.25) is 0 Å². The Bertz CT molecular complexity index is 488. The smallest absolute Gasteiger partial charge is 0.318 e. The molecule has 0 aliphatic heterocycles. The van der Waals surface area contributed by atoms with Crippen LogP contribution in [0.5, 0.6) is 0 Å². The highest BCUT2D eigenvalue weighted by molar-refractivity contribution is 7.89. The Hall–Kier alpha value is -1.51. The first-order valence-corrected chi connectivity index (χ1v) is 6.53. The van der Waals surface area contributed by atoms with Gasteiger partial charge in [-0.25, -0.2) is 8.42 Å². The molecule has 7 nitrogen and oxygen atoms in total. The number of carboxylic acids is 1. The maximum Gasteiger partial charge on any atom is 0.318 e. The van der Waals surface area contributed by atoms with E-state index in [0.29, 0.717) is 0 Å². The fourth-order valence-electron chi connectivity index (χ4n) is 1.28. The first-order chi connectivity index (χ1) is 8.48. The lowest BCUT2D eigenvalue weighted by atomic mass is 10.5. The number of aromatic nitrogens is 1. The first kappa shape index (κ1) is 14.6. The van der Waals surface area contributed by atoms with E-state index in [1.54, 1.807) is 0 Å². The number of nitrogens with zero attached hydrogens (tertiary/aromatic N) is 2. The summed E-state index contributed by atoms with van der Waals surface area (Å²) in [6.07, 6.45) is 2.62. The van der Waals surface area contributed by atoms with Crippen LogP contribution in [0.1, 0.15) is 0 Å². The average Bonchev–Trinajstić information content (AvgIpc) is 2.35. The number of hydrogen-bond acceptors (Lipinski definition) is 5. The summed E-state index contributed by atoms with van der Waals surface area (Å²) >= 11 is 0. The monoisotopic (exact) mass is 274 g/mol. The van der Waals surface area contributed by atoms with Crippen LogP contribution in [0, 0.1) is 0 Å². The summed E-state index contributed by atoms with van der Waals surface area (Å²) in [5, 5.41) is 8.73. The maximum absolute atomic E-state index is 12.1. The van der Waals surface area contributed by atoms with E-state index in [2.05, 4.69) is 4.98 Å². The Morgan fingerprint density at radius 3 is 2.78 bits per heavy atom. The molecule has 1 N–H and O–H groups in total. The van der Waals surface area contributed by atoms with Crippen LogP contribution in [-0.4, -0.2) is 55.6 Å². The van der Waals surface area contributed by atoms with E-state index in [1.807, 2.05) is 0 Å². The second-order valence-corrected chi connectivity index (χ2v) is 5.35. The van der Waals surface area contributed by atoms with Gasteiger partial charge in [-0.1, -0.05) is 0 Å². The molecule has 0 bridgehead atoms. The van der Waals surface area contributed by atoms with Gasteiger partial charge >= 0.3 is 5.97 Å². The molecule has 1 aromatic rings. The number of hydrogen-bond donors (Lipinski definition) is 1. The largest absolute Gasteiger partial charge is 0.480 e. The highest BCUT2D eigenvalue weighted by Crippen LogP contribution is 2.13. The van der Waals surface area contributed by atoms with E-state index in [-0.39, 0.29) is 18.0 Å². The standard InChI is InChI=1S/C10H14N2O5S/c1-17-6-5-12(8-10(13)14)18(15,16)9-3-2-4-11-7-9/h2-4,7H,5-6,8H2,1H3,(H,13,14). The van der Waals surface area contributed by atoms with Gasteiger partial charge in [0.2, 0.25) is 10.0 Å². The predicted molar refractivity (Wildman–Crippen MR) is 62.5 cm³/mol. The highest BCUT2D eigenvalue weighted by Gasteiger charge is 2.26. The van der Waals surface area contributed by atoms with Crippen LogP contribution >= 0.6 is 0 Å². The summed E-state index contributed by atoms with van der Waals surface area (Å²) in [4.78, 5) is 14.4. The second-order valence-electron chi connectivity index (χ2n) is 3.41. The molecular formula is C10H14N2O5S. The van der Waals surface area contributed by atoms with Crippen LogP contribution < -0.4 is 0 Å². The number of methoxy groups -OCH3 is 1. The number of pyridine rings is 1. The molecule has 8 heteroatoms. The Labute approximate surface area is 105 Å². The molecule has 0 saturated heterocycles. The summed E-state index contributed by atoms with van der Waals surface area (Å²) < 4.78 is 29.9. The normalized spacial score (nSPS) is 11.7. The van der Waals surface area contributed by atoms with Gasteiger partial charge in [0.05, 0.1) is 6.61 Å². The predicted octanol–water partition coefficient (Wildman–Crippen LogP) is -0.197. The number of aliphatic carboxylic acids is 1. The minimum Gasteiger partial charge on any atom is -0.480 e. The Kier molecular flexibility index (Phi) is 5.20. The number of ether oxygens (including phenoxy) is 1. The van der Waals surface area contributed by atoms with Gasteiger partial charge in [-0.2, -0.15) is 4.31 Å². The molecule has 0 aliphatic carbocycles. The molecule has 1 rings (SSSR count). The molecule has 1 heterocycles. The maximum atomic E-state index is 12.1.